The molecule has 1 heterocycles. The fourth-order valence-electron chi connectivity index (χ4n) is 2.57. The third-order valence-electron chi connectivity index (χ3n) is 3.75. The third kappa shape index (κ3) is 2.71. The first-order valence-corrected chi connectivity index (χ1v) is 6.66. The molecule has 2 N–H and O–H groups in total. The van der Waals surface area contributed by atoms with E-state index in [1.165, 1.54) is 12.1 Å². The predicted molar refractivity (Wildman–Crippen MR) is 69.9 cm³/mol. The Morgan fingerprint density at radius 1 is 1.53 bits per heavy atom. The van der Waals surface area contributed by atoms with Crippen molar-refractivity contribution in [1.29, 1.82) is 0 Å². The van der Waals surface area contributed by atoms with Crippen LogP contribution in [0.5, 0.6) is 0 Å². The van der Waals surface area contributed by atoms with Crippen molar-refractivity contribution in [1.82, 2.24) is 5.32 Å². The van der Waals surface area contributed by atoms with Gasteiger partial charge >= 0.3 is 5.97 Å². The van der Waals surface area contributed by atoms with Gasteiger partial charge in [0.1, 0.15) is 11.9 Å². The van der Waals surface area contributed by atoms with Crippen LogP contribution in [0.25, 0.3) is 0 Å². The Morgan fingerprint density at radius 3 is 3.00 bits per heavy atom. The number of carbonyl (C=O) groups is 1. The summed E-state index contributed by atoms with van der Waals surface area (Å²) in [7, 11) is 0. The molecule has 2 aliphatic rings. The molecule has 19 heavy (non-hydrogen) atoms. The third-order valence-corrected chi connectivity index (χ3v) is 3.75. The Morgan fingerprint density at radius 2 is 2.32 bits per heavy atom. The number of rotatable bonds is 5. The fraction of sp³-hybridized carbons (Fsp3) is 0.500. The highest BCUT2D eigenvalue weighted by Crippen LogP contribution is 2.29. The highest BCUT2D eigenvalue weighted by molar-refractivity contribution is 5.75. The van der Waals surface area contributed by atoms with E-state index in [1.807, 2.05) is 4.90 Å². The van der Waals surface area contributed by atoms with Crippen LogP contribution in [0.2, 0.25) is 0 Å². The van der Waals surface area contributed by atoms with E-state index in [9.17, 15) is 14.3 Å². The Labute approximate surface area is 111 Å². The van der Waals surface area contributed by atoms with Crippen molar-refractivity contribution < 1.29 is 14.3 Å². The van der Waals surface area contributed by atoms with Gasteiger partial charge in [0.05, 0.1) is 0 Å². The summed E-state index contributed by atoms with van der Waals surface area (Å²) < 4.78 is 13.3. The summed E-state index contributed by atoms with van der Waals surface area (Å²) in [6, 6.07) is 4.50. The zero-order chi connectivity index (χ0) is 13.4. The van der Waals surface area contributed by atoms with Crippen LogP contribution in [-0.2, 0) is 11.2 Å². The number of hydrogen-bond donors (Lipinski definition) is 2. The summed E-state index contributed by atoms with van der Waals surface area (Å²) in [5, 5.41) is 12.4. The number of carboxylic acids is 1. The zero-order valence-corrected chi connectivity index (χ0v) is 10.6. The van der Waals surface area contributed by atoms with Crippen LogP contribution in [0, 0.1) is 5.82 Å². The molecule has 0 radical (unpaired) electrons. The van der Waals surface area contributed by atoms with E-state index in [4.69, 9.17) is 0 Å². The lowest BCUT2D eigenvalue weighted by Gasteiger charge is -2.24. The summed E-state index contributed by atoms with van der Waals surface area (Å²) >= 11 is 0. The van der Waals surface area contributed by atoms with Crippen LogP contribution >= 0.6 is 0 Å². The van der Waals surface area contributed by atoms with E-state index >= 15 is 0 Å². The van der Waals surface area contributed by atoms with E-state index < -0.39 is 12.0 Å². The average Bonchev–Trinajstić information content (AvgIpc) is 3.10. The molecule has 1 atom stereocenters. The molecule has 5 heteroatoms. The van der Waals surface area contributed by atoms with Gasteiger partial charge in [-0.15, -0.1) is 0 Å². The van der Waals surface area contributed by atoms with Crippen LogP contribution in [0.15, 0.2) is 18.2 Å². The van der Waals surface area contributed by atoms with Crippen LogP contribution in [-0.4, -0.2) is 36.2 Å². The minimum atomic E-state index is -0.836. The number of carboxylic acid groups (broad SMARTS) is 1. The van der Waals surface area contributed by atoms with Gasteiger partial charge in [-0.25, -0.2) is 4.39 Å². The first-order valence-electron chi connectivity index (χ1n) is 6.66. The van der Waals surface area contributed by atoms with Crippen molar-refractivity contribution in [3.8, 4) is 0 Å². The van der Waals surface area contributed by atoms with Gasteiger partial charge in [0.25, 0.3) is 0 Å². The van der Waals surface area contributed by atoms with E-state index in [1.54, 1.807) is 6.07 Å². The van der Waals surface area contributed by atoms with Crippen molar-refractivity contribution in [3.05, 3.63) is 29.6 Å². The number of hydrogen-bond acceptors (Lipinski definition) is 3. The minimum Gasteiger partial charge on any atom is -0.480 e. The highest BCUT2D eigenvalue weighted by Gasteiger charge is 2.31. The number of aliphatic carboxylic acids is 1. The summed E-state index contributed by atoms with van der Waals surface area (Å²) in [5.41, 5.74) is 1.93. The summed E-state index contributed by atoms with van der Waals surface area (Å²) in [4.78, 5) is 13.2. The summed E-state index contributed by atoms with van der Waals surface area (Å²) in [5.74, 6) is -1.11. The largest absolute Gasteiger partial charge is 0.480 e. The zero-order valence-electron chi connectivity index (χ0n) is 10.6. The molecule has 1 aromatic carbocycles. The second kappa shape index (κ2) is 4.81. The van der Waals surface area contributed by atoms with Gasteiger partial charge in [-0.05, 0) is 37.0 Å². The second-order valence-corrected chi connectivity index (χ2v) is 5.30. The normalized spacial score (nSPS) is 19.3. The molecule has 0 spiro atoms. The number of benzene rings is 1. The summed E-state index contributed by atoms with van der Waals surface area (Å²) in [6.07, 6.45) is 2.95. The maximum Gasteiger partial charge on any atom is 0.322 e. The van der Waals surface area contributed by atoms with Gasteiger partial charge in [0.2, 0.25) is 0 Å². The maximum atomic E-state index is 13.3. The molecule has 1 unspecified atom stereocenters. The first-order chi connectivity index (χ1) is 9.13. The van der Waals surface area contributed by atoms with Crippen LogP contribution in [0.1, 0.15) is 18.4 Å². The average molecular weight is 264 g/mol. The molecule has 1 aromatic rings. The number of anilines is 1. The lowest BCUT2D eigenvalue weighted by Crippen LogP contribution is -2.46. The van der Waals surface area contributed by atoms with Gasteiger partial charge < -0.3 is 15.3 Å². The van der Waals surface area contributed by atoms with Gasteiger partial charge in [0.15, 0.2) is 0 Å². The monoisotopic (exact) mass is 264 g/mol. The van der Waals surface area contributed by atoms with Gasteiger partial charge in [0, 0.05) is 24.8 Å². The Hall–Kier alpha value is -1.62. The predicted octanol–water partition coefficient (Wildman–Crippen LogP) is 1.39. The van der Waals surface area contributed by atoms with Gasteiger partial charge in [-0.2, -0.15) is 0 Å². The standard InChI is InChI=1S/C14H17FN2O2/c15-10-2-1-9-5-6-17(13(9)7-10)8-12(14(18)19)16-11-3-4-11/h1-2,7,11-12,16H,3-6,8H2,(H,18,19). The minimum absolute atomic E-state index is 0.271. The molecule has 4 nitrogen and oxygen atoms in total. The van der Waals surface area contributed by atoms with Crippen LogP contribution in [0.4, 0.5) is 10.1 Å². The molecule has 1 aliphatic heterocycles. The topological polar surface area (TPSA) is 52.6 Å². The van der Waals surface area contributed by atoms with Crippen LogP contribution in [0.3, 0.4) is 0 Å². The van der Waals surface area contributed by atoms with Gasteiger partial charge in [-0.3, -0.25) is 4.79 Å². The molecule has 3 rings (SSSR count). The fourth-order valence-corrected chi connectivity index (χ4v) is 2.57. The van der Waals surface area contributed by atoms with E-state index in [2.05, 4.69) is 5.32 Å². The molecule has 0 saturated heterocycles. The Balaban J connectivity index is 1.73. The lowest BCUT2D eigenvalue weighted by molar-refractivity contribution is -0.139. The summed E-state index contributed by atoms with van der Waals surface area (Å²) in [6.45, 7) is 1.15. The van der Waals surface area contributed by atoms with E-state index in [0.717, 1.165) is 37.1 Å². The smallest absolute Gasteiger partial charge is 0.322 e. The number of nitrogens with one attached hydrogen (secondary N) is 1. The van der Waals surface area contributed by atoms with Crippen molar-refractivity contribution in [3.63, 3.8) is 0 Å². The Kier molecular flexibility index (Phi) is 3.14. The van der Waals surface area contributed by atoms with E-state index in [0.29, 0.717) is 12.6 Å². The molecular weight excluding hydrogens is 247 g/mol. The lowest BCUT2D eigenvalue weighted by atomic mass is 10.1. The quantitative estimate of drug-likeness (QED) is 0.844. The van der Waals surface area contributed by atoms with Crippen molar-refractivity contribution in [2.45, 2.75) is 31.3 Å². The van der Waals surface area contributed by atoms with Crippen molar-refractivity contribution >= 4 is 11.7 Å². The van der Waals surface area contributed by atoms with Crippen molar-refractivity contribution in [2.75, 3.05) is 18.0 Å². The van der Waals surface area contributed by atoms with Crippen LogP contribution < -0.4 is 10.2 Å². The molecule has 0 amide bonds. The highest BCUT2D eigenvalue weighted by atomic mass is 19.1. The molecule has 102 valence electrons. The molecule has 0 aromatic heterocycles. The number of halogens is 1. The van der Waals surface area contributed by atoms with Gasteiger partial charge in [-0.1, -0.05) is 6.07 Å². The molecule has 1 fully saturated rings. The SMILES string of the molecule is O=C(O)C(CN1CCc2ccc(F)cc21)NC1CC1. The Bertz CT molecular complexity index is 502. The molecule has 0 bridgehead atoms. The van der Waals surface area contributed by atoms with Crippen molar-refractivity contribution in [2.24, 2.45) is 0 Å². The number of nitrogens with zero attached hydrogens (tertiary/aromatic N) is 1. The molecule has 1 aliphatic carbocycles. The first kappa shape index (κ1) is 12.4. The maximum absolute atomic E-state index is 13.3. The molecule has 1 saturated carbocycles. The molecular formula is C14H17FN2O2. The number of fused-ring (bicyclic) bond motifs is 1. The van der Waals surface area contributed by atoms with E-state index in [-0.39, 0.29) is 5.82 Å². The second-order valence-electron chi connectivity index (χ2n) is 5.30.